The summed E-state index contributed by atoms with van der Waals surface area (Å²) in [5.74, 6) is 0.888. The molecule has 2 aliphatic carbocycles. The summed E-state index contributed by atoms with van der Waals surface area (Å²) in [4.78, 5) is 9.91. The molecule has 0 bridgehead atoms. The van der Waals surface area contributed by atoms with Gasteiger partial charge in [0, 0.05) is 13.0 Å². The lowest BCUT2D eigenvalue weighted by atomic mass is 9.46. The van der Waals surface area contributed by atoms with E-state index in [1.54, 1.807) is 0 Å². The van der Waals surface area contributed by atoms with Crippen molar-refractivity contribution in [2.24, 2.45) is 22.7 Å². The third-order valence-corrected chi connectivity index (χ3v) is 7.74. The number of carboxylic acids is 1. The van der Waals surface area contributed by atoms with E-state index in [2.05, 4.69) is 27.7 Å². The van der Waals surface area contributed by atoms with Crippen molar-refractivity contribution in [2.75, 3.05) is 6.61 Å². The average molecular weight is 369 g/mol. The predicted molar refractivity (Wildman–Crippen MR) is 104 cm³/mol. The third kappa shape index (κ3) is 4.44. The van der Waals surface area contributed by atoms with Crippen LogP contribution in [0.25, 0.3) is 0 Å². The first-order valence-electron chi connectivity index (χ1n) is 10.6. The molecule has 3 rings (SSSR count). The SMILES string of the molecule is CC1(C)CCCC2(C)C1CCC1(C)OCCC12.CCC(O)CCC(=O)O. The van der Waals surface area contributed by atoms with Gasteiger partial charge in [-0.15, -0.1) is 0 Å². The van der Waals surface area contributed by atoms with E-state index < -0.39 is 12.1 Å². The Kier molecular flexibility index (Phi) is 6.82. The zero-order chi connectivity index (χ0) is 19.6. The van der Waals surface area contributed by atoms with Gasteiger partial charge in [-0.2, -0.15) is 0 Å². The molecule has 3 aliphatic rings. The maximum absolute atomic E-state index is 9.91. The van der Waals surface area contributed by atoms with Gasteiger partial charge in [-0.1, -0.05) is 34.1 Å². The lowest BCUT2D eigenvalue weighted by molar-refractivity contribution is -0.147. The van der Waals surface area contributed by atoms with Crippen LogP contribution in [-0.4, -0.2) is 34.5 Å². The number of aliphatic carboxylic acids is 1. The highest BCUT2D eigenvalue weighted by atomic mass is 16.5. The van der Waals surface area contributed by atoms with Crippen LogP contribution < -0.4 is 0 Å². The van der Waals surface area contributed by atoms with Crippen molar-refractivity contribution >= 4 is 5.97 Å². The van der Waals surface area contributed by atoms with Crippen LogP contribution in [0.2, 0.25) is 0 Å². The van der Waals surface area contributed by atoms with Gasteiger partial charge in [-0.25, -0.2) is 0 Å². The van der Waals surface area contributed by atoms with Crippen LogP contribution in [0.1, 0.15) is 92.4 Å². The Morgan fingerprint density at radius 2 is 1.81 bits per heavy atom. The van der Waals surface area contributed by atoms with Crippen molar-refractivity contribution < 1.29 is 19.7 Å². The highest BCUT2D eigenvalue weighted by Crippen LogP contribution is 2.64. The number of carboxylic acid groups (broad SMARTS) is 1. The maximum Gasteiger partial charge on any atom is 0.303 e. The van der Waals surface area contributed by atoms with Crippen LogP contribution in [0.15, 0.2) is 0 Å². The Hall–Kier alpha value is -0.610. The highest BCUT2D eigenvalue weighted by Gasteiger charge is 2.60. The Labute approximate surface area is 159 Å². The molecule has 4 heteroatoms. The molecule has 5 unspecified atom stereocenters. The van der Waals surface area contributed by atoms with Gasteiger partial charge in [0.1, 0.15) is 0 Å². The van der Waals surface area contributed by atoms with E-state index in [-0.39, 0.29) is 12.0 Å². The van der Waals surface area contributed by atoms with Crippen LogP contribution in [0.5, 0.6) is 0 Å². The number of aliphatic hydroxyl groups is 1. The van der Waals surface area contributed by atoms with Crippen molar-refractivity contribution in [3.05, 3.63) is 0 Å². The molecule has 0 aromatic carbocycles. The van der Waals surface area contributed by atoms with E-state index in [0.29, 0.717) is 23.7 Å². The van der Waals surface area contributed by atoms with Gasteiger partial charge in [-0.05, 0) is 74.5 Å². The minimum absolute atomic E-state index is 0.0645. The molecule has 26 heavy (non-hydrogen) atoms. The molecule has 0 amide bonds. The first-order chi connectivity index (χ1) is 12.0. The molecule has 5 atom stereocenters. The number of aliphatic hydroxyl groups excluding tert-OH is 1. The molecular formula is C22H40O4. The molecule has 4 nitrogen and oxygen atoms in total. The van der Waals surface area contributed by atoms with E-state index >= 15 is 0 Å². The second-order valence-corrected chi connectivity index (χ2v) is 9.94. The summed E-state index contributed by atoms with van der Waals surface area (Å²) in [6.45, 7) is 12.8. The number of hydrogen-bond donors (Lipinski definition) is 2. The number of ether oxygens (including phenoxy) is 1. The van der Waals surface area contributed by atoms with E-state index in [9.17, 15) is 4.79 Å². The summed E-state index contributed by atoms with van der Waals surface area (Å²) in [6, 6.07) is 0. The van der Waals surface area contributed by atoms with Crippen LogP contribution in [0.4, 0.5) is 0 Å². The fraction of sp³-hybridized carbons (Fsp3) is 0.955. The van der Waals surface area contributed by atoms with Crippen LogP contribution in [0, 0.1) is 22.7 Å². The molecule has 2 N–H and O–H groups in total. The lowest BCUT2D eigenvalue weighted by Crippen LogP contribution is -2.55. The number of rotatable bonds is 4. The van der Waals surface area contributed by atoms with Gasteiger partial charge in [-0.3, -0.25) is 4.79 Å². The van der Waals surface area contributed by atoms with Crippen LogP contribution in [-0.2, 0) is 9.53 Å². The Morgan fingerprint density at radius 1 is 1.12 bits per heavy atom. The Morgan fingerprint density at radius 3 is 2.42 bits per heavy atom. The monoisotopic (exact) mass is 368 g/mol. The summed E-state index contributed by atoms with van der Waals surface area (Å²) in [6.07, 6.45) is 8.89. The summed E-state index contributed by atoms with van der Waals surface area (Å²) < 4.78 is 6.13. The second-order valence-electron chi connectivity index (χ2n) is 9.94. The first-order valence-corrected chi connectivity index (χ1v) is 10.6. The molecular weight excluding hydrogens is 328 g/mol. The third-order valence-electron chi connectivity index (χ3n) is 7.74. The molecule has 1 aliphatic heterocycles. The average Bonchev–Trinajstić information content (AvgIpc) is 2.95. The molecule has 3 fully saturated rings. The topological polar surface area (TPSA) is 66.8 Å². The molecule has 152 valence electrons. The minimum Gasteiger partial charge on any atom is -0.481 e. The number of carbonyl (C=O) groups is 1. The standard InChI is InChI=1S/C16H28O.C6H12O3/c1-14(2)8-5-9-15(3)12(14)6-10-16(4)13(15)7-11-17-16;1-2-5(7)3-4-6(8)9/h12-13H,5-11H2,1-4H3;5,7H,2-4H2,1H3,(H,8,9). The summed E-state index contributed by atoms with van der Waals surface area (Å²) in [7, 11) is 0. The van der Waals surface area contributed by atoms with Gasteiger partial charge in [0.2, 0.25) is 0 Å². The van der Waals surface area contributed by atoms with Crippen LogP contribution in [0.3, 0.4) is 0 Å². The molecule has 1 saturated heterocycles. The molecule has 2 saturated carbocycles. The van der Waals surface area contributed by atoms with Crippen molar-refractivity contribution in [1.29, 1.82) is 0 Å². The Bertz CT molecular complexity index is 485. The molecule has 1 heterocycles. The zero-order valence-corrected chi connectivity index (χ0v) is 17.5. The molecule has 0 radical (unpaired) electrons. The minimum atomic E-state index is -0.845. The first kappa shape index (κ1) is 21.7. The van der Waals surface area contributed by atoms with Gasteiger partial charge in [0.25, 0.3) is 0 Å². The van der Waals surface area contributed by atoms with Crippen LogP contribution >= 0.6 is 0 Å². The number of fused-ring (bicyclic) bond motifs is 3. The lowest BCUT2D eigenvalue weighted by Gasteiger charge is -2.60. The quantitative estimate of drug-likeness (QED) is 0.730. The fourth-order valence-corrected chi connectivity index (χ4v) is 6.32. The Balaban J connectivity index is 0.000000232. The fourth-order valence-electron chi connectivity index (χ4n) is 6.32. The summed E-state index contributed by atoms with van der Waals surface area (Å²) >= 11 is 0. The van der Waals surface area contributed by atoms with E-state index in [4.69, 9.17) is 14.9 Å². The molecule has 0 aromatic heterocycles. The van der Waals surface area contributed by atoms with Gasteiger partial charge in [0.05, 0.1) is 11.7 Å². The van der Waals surface area contributed by atoms with Crippen molar-refractivity contribution in [1.82, 2.24) is 0 Å². The largest absolute Gasteiger partial charge is 0.481 e. The number of hydrogen-bond acceptors (Lipinski definition) is 3. The second kappa shape index (κ2) is 8.18. The van der Waals surface area contributed by atoms with Gasteiger partial charge < -0.3 is 14.9 Å². The molecule has 0 spiro atoms. The van der Waals surface area contributed by atoms with E-state index in [1.807, 2.05) is 6.92 Å². The highest BCUT2D eigenvalue weighted by molar-refractivity contribution is 5.66. The van der Waals surface area contributed by atoms with Gasteiger partial charge in [0.15, 0.2) is 0 Å². The zero-order valence-electron chi connectivity index (χ0n) is 17.5. The van der Waals surface area contributed by atoms with Gasteiger partial charge >= 0.3 is 5.97 Å². The predicted octanol–water partition coefficient (Wildman–Crippen LogP) is 5.03. The normalized spacial score (nSPS) is 39.2. The molecule has 0 aromatic rings. The van der Waals surface area contributed by atoms with Crippen molar-refractivity contribution in [3.63, 3.8) is 0 Å². The smallest absolute Gasteiger partial charge is 0.303 e. The summed E-state index contributed by atoms with van der Waals surface area (Å²) in [5, 5.41) is 17.0. The van der Waals surface area contributed by atoms with Crippen molar-refractivity contribution in [3.8, 4) is 0 Å². The van der Waals surface area contributed by atoms with E-state index in [1.165, 1.54) is 38.5 Å². The van der Waals surface area contributed by atoms with E-state index in [0.717, 1.165) is 18.4 Å². The maximum atomic E-state index is 9.91. The van der Waals surface area contributed by atoms with Crippen molar-refractivity contribution in [2.45, 2.75) is 104 Å². The summed E-state index contributed by atoms with van der Waals surface area (Å²) in [5.41, 5.74) is 1.31.